The van der Waals surface area contributed by atoms with Crippen molar-refractivity contribution < 1.29 is 14.6 Å². The average molecular weight is 363 g/mol. The van der Waals surface area contributed by atoms with Gasteiger partial charge in [-0.3, -0.25) is 4.79 Å². The topological polar surface area (TPSA) is 75.6 Å². The summed E-state index contributed by atoms with van der Waals surface area (Å²) in [5.74, 6) is 0.653. The maximum absolute atomic E-state index is 11.2. The Morgan fingerprint density at radius 1 is 1.04 bits per heavy atom. The Morgan fingerprint density at radius 2 is 1.70 bits per heavy atom. The number of carboxylic acid groups (broad SMARTS) is 1. The number of aliphatic carboxylic acids is 1. The van der Waals surface area contributed by atoms with E-state index in [0.29, 0.717) is 25.9 Å². The van der Waals surface area contributed by atoms with Crippen LogP contribution in [0, 0.1) is 5.92 Å². The molecule has 2 aromatic carbocycles. The number of hydrogen-bond acceptors (Lipinski definition) is 5. The molecule has 6 nitrogen and oxygen atoms in total. The monoisotopic (exact) mass is 363 g/mol. The number of aromatic nitrogens is 2. The van der Waals surface area contributed by atoms with Gasteiger partial charge in [0.05, 0.1) is 13.0 Å². The molecule has 1 aliphatic rings. The molecule has 1 N–H and O–H groups in total. The number of ether oxygens (including phenoxy) is 1. The lowest BCUT2D eigenvalue weighted by Crippen LogP contribution is -2.37. The first kappa shape index (κ1) is 17.3. The van der Waals surface area contributed by atoms with Crippen LogP contribution in [0.15, 0.2) is 48.5 Å². The fraction of sp³-hybridized carbons (Fsp3) is 0.286. The molecule has 0 spiro atoms. The Bertz CT molecular complexity index is 964. The third kappa shape index (κ3) is 3.30. The van der Waals surface area contributed by atoms with E-state index < -0.39 is 5.97 Å². The quantitative estimate of drug-likeness (QED) is 0.763. The van der Waals surface area contributed by atoms with Crippen LogP contribution in [0.25, 0.3) is 22.0 Å². The number of piperidine rings is 1. The maximum Gasteiger partial charge on any atom is 0.306 e. The van der Waals surface area contributed by atoms with Gasteiger partial charge in [0, 0.05) is 29.4 Å². The number of carboxylic acids is 1. The maximum atomic E-state index is 11.2. The first-order valence-corrected chi connectivity index (χ1v) is 9.05. The number of benzene rings is 2. The van der Waals surface area contributed by atoms with E-state index in [1.807, 2.05) is 36.4 Å². The predicted molar refractivity (Wildman–Crippen MR) is 104 cm³/mol. The molecule has 6 heteroatoms. The molecule has 0 saturated carbocycles. The molecule has 27 heavy (non-hydrogen) atoms. The van der Waals surface area contributed by atoms with Gasteiger partial charge in [0.25, 0.3) is 0 Å². The van der Waals surface area contributed by atoms with E-state index in [2.05, 4.69) is 27.2 Å². The van der Waals surface area contributed by atoms with Crippen LogP contribution in [0.1, 0.15) is 12.8 Å². The fourth-order valence-corrected chi connectivity index (χ4v) is 3.62. The van der Waals surface area contributed by atoms with Crippen molar-refractivity contribution in [3.8, 4) is 17.0 Å². The highest BCUT2D eigenvalue weighted by Gasteiger charge is 2.26. The number of anilines is 1. The number of hydrogen-bond donors (Lipinski definition) is 1. The van der Waals surface area contributed by atoms with E-state index in [9.17, 15) is 9.90 Å². The van der Waals surface area contributed by atoms with Crippen LogP contribution in [0.4, 0.5) is 5.82 Å². The number of rotatable bonds is 4. The average Bonchev–Trinajstić information content (AvgIpc) is 2.73. The van der Waals surface area contributed by atoms with Gasteiger partial charge in [0.2, 0.25) is 0 Å². The molecule has 0 bridgehead atoms. The largest absolute Gasteiger partial charge is 0.497 e. The normalized spacial score (nSPS) is 15.1. The van der Waals surface area contributed by atoms with E-state index in [0.717, 1.165) is 33.6 Å². The zero-order valence-electron chi connectivity index (χ0n) is 15.1. The van der Waals surface area contributed by atoms with Crippen molar-refractivity contribution in [1.82, 2.24) is 10.2 Å². The van der Waals surface area contributed by atoms with Gasteiger partial charge >= 0.3 is 5.97 Å². The van der Waals surface area contributed by atoms with Gasteiger partial charge in [-0.25, -0.2) is 0 Å². The fourth-order valence-electron chi connectivity index (χ4n) is 3.62. The molecule has 0 amide bonds. The standard InChI is InChI=1S/C21H21N3O3/c1-27-16-8-6-14(7-9-16)19-17-4-2-3-5-18(17)20(23-22-19)24-12-10-15(11-13-24)21(25)26/h2-9,15H,10-13H2,1H3,(H,25,26). The van der Waals surface area contributed by atoms with Gasteiger partial charge in [0.15, 0.2) is 5.82 Å². The lowest BCUT2D eigenvalue weighted by molar-refractivity contribution is -0.142. The third-order valence-electron chi connectivity index (χ3n) is 5.17. The van der Waals surface area contributed by atoms with Crippen molar-refractivity contribution in [2.24, 2.45) is 5.92 Å². The molecule has 0 atom stereocenters. The lowest BCUT2D eigenvalue weighted by atomic mass is 9.96. The van der Waals surface area contributed by atoms with Crippen LogP contribution in [0.2, 0.25) is 0 Å². The van der Waals surface area contributed by atoms with E-state index in [-0.39, 0.29) is 5.92 Å². The predicted octanol–water partition coefficient (Wildman–Crippen LogP) is 3.61. The molecule has 1 aromatic heterocycles. The molecule has 0 aliphatic carbocycles. The summed E-state index contributed by atoms with van der Waals surface area (Å²) in [6.45, 7) is 1.36. The summed E-state index contributed by atoms with van der Waals surface area (Å²) in [6, 6.07) is 15.9. The van der Waals surface area contributed by atoms with Crippen LogP contribution in [0.5, 0.6) is 5.75 Å². The minimum Gasteiger partial charge on any atom is -0.497 e. The van der Waals surface area contributed by atoms with Crippen LogP contribution < -0.4 is 9.64 Å². The van der Waals surface area contributed by atoms with E-state index in [4.69, 9.17) is 4.74 Å². The Morgan fingerprint density at radius 3 is 2.33 bits per heavy atom. The lowest BCUT2D eigenvalue weighted by Gasteiger charge is -2.31. The Kier molecular flexibility index (Phi) is 4.62. The number of fused-ring (bicyclic) bond motifs is 1. The van der Waals surface area contributed by atoms with Gasteiger partial charge in [-0.15, -0.1) is 10.2 Å². The summed E-state index contributed by atoms with van der Waals surface area (Å²) < 4.78 is 5.23. The third-order valence-corrected chi connectivity index (χ3v) is 5.17. The highest BCUT2D eigenvalue weighted by molar-refractivity contribution is 6.00. The minimum atomic E-state index is -0.708. The van der Waals surface area contributed by atoms with Gasteiger partial charge in [-0.05, 0) is 37.1 Å². The van der Waals surface area contributed by atoms with Crippen LogP contribution >= 0.6 is 0 Å². The zero-order chi connectivity index (χ0) is 18.8. The second kappa shape index (κ2) is 7.23. The SMILES string of the molecule is COc1ccc(-c2nnc(N3CCC(C(=O)O)CC3)c3ccccc23)cc1. The first-order valence-electron chi connectivity index (χ1n) is 9.05. The molecule has 1 saturated heterocycles. The molecule has 4 rings (SSSR count). The molecule has 0 unspecified atom stereocenters. The second-order valence-corrected chi connectivity index (χ2v) is 6.75. The summed E-state index contributed by atoms with van der Waals surface area (Å²) in [7, 11) is 1.65. The molecule has 0 radical (unpaired) electrons. The highest BCUT2D eigenvalue weighted by atomic mass is 16.5. The number of nitrogens with zero attached hydrogens (tertiary/aromatic N) is 3. The number of carbonyl (C=O) groups is 1. The molecular formula is C21H21N3O3. The zero-order valence-corrected chi connectivity index (χ0v) is 15.1. The molecule has 1 aliphatic heterocycles. The molecule has 2 heterocycles. The van der Waals surface area contributed by atoms with Gasteiger partial charge in [-0.2, -0.15) is 0 Å². The summed E-state index contributed by atoms with van der Waals surface area (Å²) >= 11 is 0. The van der Waals surface area contributed by atoms with Crippen molar-refractivity contribution in [3.63, 3.8) is 0 Å². The van der Waals surface area contributed by atoms with Crippen molar-refractivity contribution in [1.29, 1.82) is 0 Å². The molecule has 138 valence electrons. The molecule has 1 fully saturated rings. The van der Waals surface area contributed by atoms with Crippen molar-refractivity contribution >= 4 is 22.6 Å². The van der Waals surface area contributed by atoms with E-state index in [1.54, 1.807) is 7.11 Å². The van der Waals surface area contributed by atoms with Crippen LogP contribution in [-0.4, -0.2) is 41.5 Å². The Hall–Kier alpha value is -3.15. The smallest absolute Gasteiger partial charge is 0.306 e. The summed E-state index contributed by atoms with van der Waals surface area (Å²) in [5.41, 5.74) is 1.81. The first-order chi connectivity index (χ1) is 13.2. The van der Waals surface area contributed by atoms with E-state index in [1.165, 1.54) is 0 Å². The number of methoxy groups -OCH3 is 1. The van der Waals surface area contributed by atoms with Crippen molar-refractivity contribution in [2.45, 2.75) is 12.8 Å². The van der Waals surface area contributed by atoms with E-state index >= 15 is 0 Å². The summed E-state index contributed by atoms with van der Waals surface area (Å²) in [4.78, 5) is 13.3. The van der Waals surface area contributed by atoms with Gasteiger partial charge < -0.3 is 14.7 Å². The molecular weight excluding hydrogens is 342 g/mol. The minimum absolute atomic E-state index is 0.265. The van der Waals surface area contributed by atoms with Crippen molar-refractivity contribution in [3.05, 3.63) is 48.5 Å². The van der Waals surface area contributed by atoms with Crippen LogP contribution in [-0.2, 0) is 4.79 Å². The van der Waals surface area contributed by atoms with Gasteiger partial charge in [-0.1, -0.05) is 24.3 Å². The van der Waals surface area contributed by atoms with Gasteiger partial charge in [0.1, 0.15) is 11.4 Å². The molecule has 3 aromatic rings. The highest BCUT2D eigenvalue weighted by Crippen LogP contribution is 2.33. The summed E-state index contributed by atoms with van der Waals surface area (Å²) in [6.07, 6.45) is 1.26. The van der Waals surface area contributed by atoms with Crippen LogP contribution in [0.3, 0.4) is 0 Å². The van der Waals surface area contributed by atoms with Crippen molar-refractivity contribution in [2.75, 3.05) is 25.1 Å². The Labute approximate surface area is 157 Å². The second-order valence-electron chi connectivity index (χ2n) is 6.75. The Balaban J connectivity index is 1.71. The summed E-state index contributed by atoms with van der Waals surface area (Å²) in [5, 5.41) is 20.3.